The predicted octanol–water partition coefficient (Wildman–Crippen LogP) is 3.51. The summed E-state index contributed by atoms with van der Waals surface area (Å²) >= 11 is 5.88. The van der Waals surface area contributed by atoms with Crippen molar-refractivity contribution < 1.29 is 31.1 Å². The number of fused-ring (bicyclic) bond motifs is 5. The smallest absolute Gasteiger partial charge is 0.354 e. The Bertz CT molecular complexity index is 362. The van der Waals surface area contributed by atoms with Crippen LogP contribution in [0.1, 0.15) is 12.8 Å². The van der Waals surface area contributed by atoms with Gasteiger partial charge in [-0.05, 0) is 18.8 Å². The van der Waals surface area contributed by atoms with Crippen molar-refractivity contribution in [1.82, 2.24) is 0 Å². The zero-order valence-electron chi connectivity index (χ0n) is 8.85. The SMILES string of the molecule is FC(F)(F)C1(C(F)(F)F)OC2C1[C@H]1CC(Cl)[C@@H]2C1. The molecule has 3 rings (SSSR count). The zero-order valence-corrected chi connectivity index (χ0v) is 9.61. The van der Waals surface area contributed by atoms with Crippen LogP contribution in [0.2, 0.25) is 0 Å². The number of alkyl halides is 7. The second-order valence-corrected chi connectivity index (χ2v) is 5.81. The third kappa shape index (κ3) is 1.25. The molecule has 5 atom stereocenters. The lowest BCUT2D eigenvalue weighted by molar-refractivity contribution is -0.470. The van der Waals surface area contributed by atoms with Crippen LogP contribution < -0.4 is 0 Å². The van der Waals surface area contributed by atoms with Gasteiger partial charge in [-0.25, -0.2) is 0 Å². The van der Waals surface area contributed by atoms with E-state index in [1.165, 1.54) is 0 Å². The Kier molecular flexibility index (Phi) is 2.34. The standard InChI is InChI=1S/C10H9ClF6O/c11-5-2-3-1-4(5)7-6(3)8(18-7,9(12,13)14)10(15,16)17/h3-7H,1-2H2/t3-,4+,5?,6?,7?/m1/s1. The molecule has 1 heterocycles. The molecule has 0 aromatic rings. The highest BCUT2D eigenvalue weighted by Crippen LogP contribution is 2.69. The average molecular weight is 295 g/mol. The summed E-state index contributed by atoms with van der Waals surface area (Å²) in [5, 5.41) is -0.365. The second kappa shape index (κ2) is 3.29. The fourth-order valence-electron chi connectivity index (χ4n) is 3.84. The van der Waals surface area contributed by atoms with Crippen LogP contribution in [0.4, 0.5) is 26.3 Å². The van der Waals surface area contributed by atoms with E-state index in [0.29, 0.717) is 6.42 Å². The Morgan fingerprint density at radius 3 is 2.00 bits per heavy atom. The predicted molar refractivity (Wildman–Crippen MR) is 49.1 cm³/mol. The van der Waals surface area contributed by atoms with E-state index in [0.717, 1.165) is 0 Å². The molecule has 0 N–H and O–H groups in total. The summed E-state index contributed by atoms with van der Waals surface area (Å²) in [5.74, 6) is -2.53. The van der Waals surface area contributed by atoms with Crippen LogP contribution in [-0.4, -0.2) is 29.4 Å². The summed E-state index contributed by atoms with van der Waals surface area (Å²) in [6.07, 6.45) is -11.3. The molecule has 18 heavy (non-hydrogen) atoms. The maximum absolute atomic E-state index is 12.8. The van der Waals surface area contributed by atoms with Crippen LogP contribution in [0.15, 0.2) is 0 Å². The molecule has 1 nitrogen and oxygen atoms in total. The quantitative estimate of drug-likeness (QED) is 0.491. The van der Waals surface area contributed by atoms with Crippen molar-refractivity contribution in [2.24, 2.45) is 17.8 Å². The molecule has 3 fully saturated rings. The third-order valence-corrected chi connectivity index (χ3v) is 4.99. The van der Waals surface area contributed by atoms with Gasteiger partial charge in [0.05, 0.1) is 6.10 Å². The minimum absolute atomic E-state index is 0.213. The van der Waals surface area contributed by atoms with E-state index in [1.807, 2.05) is 0 Å². The lowest BCUT2D eigenvalue weighted by Gasteiger charge is -2.57. The monoisotopic (exact) mass is 294 g/mol. The normalized spacial score (nSPS) is 45.8. The van der Waals surface area contributed by atoms with Gasteiger partial charge in [-0.3, -0.25) is 0 Å². The van der Waals surface area contributed by atoms with E-state index in [2.05, 4.69) is 4.74 Å². The minimum atomic E-state index is -5.43. The van der Waals surface area contributed by atoms with E-state index in [4.69, 9.17) is 11.6 Å². The molecule has 3 aliphatic rings. The summed E-state index contributed by atoms with van der Waals surface area (Å²) < 4.78 is 81.4. The molecule has 0 aromatic carbocycles. The molecule has 104 valence electrons. The number of hydrogen-bond donors (Lipinski definition) is 0. The van der Waals surface area contributed by atoms with E-state index >= 15 is 0 Å². The molecule has 0 amide bonds. The van der Waals surface area contributed by atoms with Gasteiger partial charge in [0, 0.05) is 17.2 Å². The maximum atomic E-state index is 12.8. The lowest BCUT2D eigenvalue weighted by Crippen LogP contribution is -2.76. The molecule has 2 aliphatic carbocycles. The Labute approximate surface area is 103 Å². The third-order valence-electron chi connectivity index (χ3n) is 4.48. The van der Waals surface area contributed by atoms with Gasteiger partial charge >= 0.3 is 12.4 Å². The van der Waals surface area contributed by atoms with Gasteiger partial charge < -0.3 is 4.74 Å². The van der Waals surface area contributed by atoms with Crippen LogP contribution in [0.5, 0.6) is 0 Å². The van der Waals surface area contributed by atoms with E-state index in [9.17, 15) is 26.3 Å². The number of hydrogen-bond acceptors (Lipinski definition) is 1. The minimum Gasteiger partial charge on any atom is -0.354 e. The van der Waals surface area contributed by atoms with Crippen LogP contribution in [0.25, 0.3) is 0 Å². The second-order valence-electron chi connectivity index (χ2n) is 5.25. The molecular weight excluding hydrogens is 286 g/mol. The van der Waals surface area contributed by atoms with Crippen molar-refractivity contribution in [3.63, 3.8) is 0 Å². The number of rotatable bonds is 0. The average Bonchev–Trinajstić information content (AvgIpc) is 2.50. The first-order valence-corrected chi connectivity index (χ1v) is 5.98. The molecule has 1 aliphatic heterocycles. The van der Waals surface area contributed by atoms with Gasteiger partial charge in [-0.15, -0.1) is 11.6 Å². The Morgan fingerprint density at radius 2 is 1.56 bits per heavy atom. The van der Waals surface area contributed by atoms with Crippen LogP contribution in [0, 0.1) is 17.8 Å². The fraction of sp³-hybridized carbons (Fsp3) is 1.00. The first-order chi connectivity index (χ1) is 8.09. The van der Waals surface area contributed by atoms with Crippen LogP contribution in [-0.2, 0) is 4.74 Å². The first kappa shape index (κ1) is 12.8. The molecule has 1 saturated heterocycles. The highest BCUT2D eigenvalue weighted by atomic mass is 35.5. The van der Waals surface area contributed by atoms with Crippen molar-refractivity contribution in [3.8, 4) is 0 Å². The van der Waals surface area contributed by atoms with Crippen molar-refractivity contribution in [1.29, 1.82) is 0 Å². The molecule has 2 bridgehead atoms. The summed E-state index contributed by atoms with van der Waals surface area (Å²) in [6, 6.07) is 0. The van der Waals surface area contributed by atoms with Crippen molar-refractivity contribution in [2.75, 3.05) is 0 Å². The molecule has 0 aromatic heterocycles. The van der Waals surface area contributed by atoms with E-state index in [1.54, 1.807) is 0 Å². The highest BCUT2D eigenvalue weighted by Gasteiger charge is 2.86. The van der Waals surface area contributed by atoms with Gasteiger partial charge in [0.25, 0.3) is 5.60 Å². The molecule has 0 radical (unpaired) electrons. The summed E-state index contributed by atoms with van der Waals surface area (Å²) in [4.78, 5) is 0. The first-order valence-electron chi connectivity index (χ1n) is 5.55. The van der Waals surface area contributed by atoms with Gasteiger partial charge in [-0.1, -0.05) is 0 Å². The molecule has 0 spiro atoms. The Hall–Kier alpha value is -0.170. The van der Waals surface area contributed by atoms with Crippen LogP contribution in [0.3, 0.4) is 0 Å². The zero-order chi connectivity index (χ0) is 13.5. The van der Waals surface area contributed by atoms with Gasteiger partial charge in [0.2, 0.25) is 0 Å². The molecular formula is C10H9ClF6O. The summed E-state index contributed by atoms with van der Waals surface area (Å²) in [5.41, 5.74) is -3.97. The highest BCUT2D eigenvalue weighted by molar-refractivity contribution is 6.21. The number of ether oxygens (including phenoxy) is 1. The van der Waals surface area contributed by atoms with Gasteiger partial charge in [0.15, 0.2) is 0 Å². The van der Waals surface area contributed by atoms with Gasteiger partial charge in [0.1, 0.15) is 0 Å². The number of halogens is 7. The van der Waals surface area contributed by atoms with Crippen LogP contribution >= 0.6 is 11.6 Å². The molecule has 2 saturated carbocycles. The molecule has 3 unspecified atom stereocenters. The Morgan fingerprint density at radius 1 is 1.00 bits per heavy atom. The molecule has 8 heteroatoms. The van der Waals surface area contributed by atoms with Crippen molar-refractivity contribution in [2.45, 2.75) is 42.3 Å². The summed E-state index contributed by atoms with van der Waals surface area (Å²) in [6.45, 7) is 0. The van der Waals surface area contributed by atoms with Crippen molar-refractivity contribution in [3.05, 3.63) is 0 Å². The fourth-order valence-corrected chi connectivity index (χ4v) is 4.32. The van der Waals surface area contributed by atoms with Gasteiger partial charge in [-0.2, -0.15) is 26.3 Å². The van der Waals surface area contributed by atoms with E-state index in [-0.39, 0.29) is 17.7 Å². The largest absolute Gasteiger partial charge is 0.426 e. The van der Waals surface area contributed by atoms with Crippen molar-refractivity contribution >= 4 is 11.6 Å². The van der Waals surface area contributed by atoms with E-state index < -0.39 is 35.9 Å². The Balaban J connectivity index is 1.98. The summed E-state index contributed by atoms with van der Waals surface area (Å²) in [7, 11) is 0. The lowest BCUT2D eigenvalue weighted by atomic mass is 9.68. The maximum Gasteiger partial charge on any atom is 0.426 e. The topological polar surface area (TPSA) is 9.23 Å².